The number of benzene rings is 1. The fraction of sp³-hybridized carbons (Fsp3) is 0.429. The lowest BCUT2D eigenvalue weighted by Crippen LogP contribution is -2.28. The first-order chi connectivity index (χ1) is 13.4. The van der Waals surface area contributed by atoms with Crippen LogP contribution >= 0.6 is 24.8 Å². The second kappa shape index (κ2) is 9.76. The average Bonchev–Trinajstić information content (AvgIpc) is 3.45. The summed E-state index contributed by atoms with van der Waals surface area (Å²) >= 11 is 0. The van der Waals surface area contributed by atoms with Gasteiger partial charge in [-0.3, -0.25) is 4.68 Å². The van der Waals surface area contributed by atoms with E-state index in [0.29, 0.717) is 5.92 Å². The van der Waals surface area contributed by atoms with Crippen LogP contribution in [0.4, 0.5) is 0 Å². The van der Waals surface area contributed by atoms with Crippen LogP contribution in [-0.4, -0.2) is 50.4 Å². The normalized spacial score (nSPS) is 18.7. The van der Waals surface area contributed by atoms with Crippen LogP contribution in [0.15, 0.2) is 48.8 Å². The quantitative estimate of drug-likeness (QED) is 0.669. The Bertz CT molecular complexity index is 884. The van der Waals surface area contributed by atoms with Crippen LogP contribution in [0, 0.1) is 0 Å². The number of hydrogen-bond acceptors (Lipinski definition) is 4. The molecule has 0 aliphatic carbocycles. The number of halogens is 2. The number of hydrogen-bond donors (Lipinski definition) is 1. The van der Waals surface area contributed by atoms with Crippen molar-refractivity contribution in [1.29, 1.82) is 0 Å². The highest BCUT2D eigenvalue weighted by atomic mass is 35.5. The van der Waals surface area contributed by atoms with Gasteiger partial charge in [0.15, 0.2) is 5.82 Å². The molecule has 0 saturated carbocycles. The first kappa shape index (κ1) is 21.8. The van der Waals surface area contributed by atoms with Crippen molar-refractivity contribution in [2.45, 2.75) is 32.0 Å². The van der Waals surface area contributed by atoms with Crippen LogP contribution in [-0.2, 0) is 19.6 Å². The van der Waals surface area contributed by atoms with Gasteiger partial charge in [-0.25, -0.2) is 4.98 Å². The Balaban J connectivity index is 0.00000120. The first-order valence-corrected chi connectivity index (χ1v) is 9.93. The fourth-order valence-electron chi connectivity index (χ4n) is 4.31. The van der Waals surface area contributed by atoms with Gasteiger partial charge in [0.2, 0.25) is 0 Å². The zero-order valence-electron chi connectivity index (χ0n) is 16.4. The van der Waals surface area contributed by atoms with Gasteiger partial charge in [0.05, 0.1) is 12.2 Å². The highest BCUT2D eigenvalue weighted by Crippen LogP contribution is 2.27. The zero-order chi connectivity index (χ0) is 18.1. The van der Waals surface area contributed by atoms with E-state index in [1.54, 1.807) is 0 Å². The SMILES string of the molecule is Cl.Cl.c1ccc(C2CCN(CCn3ccnc3-c3cc4n(n3)CCNC4)C2)cc1. The lowest BCUT2D eigenvalue weighted by atomic mass is 9.99. The Hall–Kier alpha value is -1.86. The molecule has 2 aliphatic heterocycles. The molecule has 4 heterocycles. The number of likely N-dealkylation sites (tertiary alicyclic amines) is 1. The van der Waals surface area contributed by atoms with Gasteiger partial charge in [-0.15, -0.1) is 24.8 Å². The van der Waals surface area contributed by atoms with E-state index in [4.69, 9.17) is 5.10 Å². The van der Waals surface area contributed by atoms with E-state index < -0.39 is 0 Å². The minimum Gasteiger partial charge on any atom is -0.328 e. The molecule has 5 rings (SSSR count). The van der Waals surface area contributed by atoms with Gasteiger partial charge in [0, 0.05) is 45.1 Å². The van der Waals surface area contributed by atoms with Gasteiger partial charge in [0.25, 0.3) is 0 Å². The fourth-order valence-corrected chi connectivity index (χ4v) is 4.31. The third-order valence-electron chi connectivity index (χ3n) is 5.81. The molecule has 1 N–H and O–H groups in total. The first-order valence-electron chi connectivity index (χ1n) is 9.93. The number of rotatable bonds is 5. The predicted molar refractivity (Wildman–Crippen MR) is 120 cm³/mol. The van der Waals surface area contributed by atoms with E-state index >= 15 is 0 Å². The van der Waals surface area contributed by atoms with Crippen molar-refractivity contribution in [3.05, 3.63) is 60.0 Å². The second-order valence-electron chi connectivity index (χ2n) is 7.56. The van der Waals surface area contributed by atoms with Crippen molar-refractivity contribution in [1.82, 2.24) is 29.5 Å². The summed E-state index contributed by atoms with van der Waals surface area (Å²) in [5, 5.41) is 8.16. The van der Waals surface area contributed by atoms with Crippen molar-refractivity contribution in [3.63, 3.8) is 0 Å². The van der Waals surface area contributed by atoms with Crippen LogP contribution in [0.2, 0.25) is 0 Å². The summed E-state index contributed by atoms with van der Waals surface area (Å²) in [6, 6.07) is 13.1. The number of fused-ring (bicyclic) bond motifs is 1. The van der Waals surface area contributed by atoms with Gasteiger partial charge in [-0.2, -0.15) is 5.10 Å². The molecule has 156 valence electrons. The molecule has 1 saturated heterocycles. The molecule has 0 radical (unpaired) electrons. The summed E-state index contributed by atoms with van der Waals surface area (Å²) in [7, 11) is 0. The summed E-state index contributed by atoms with van der Waals surface area (Å²) in [6.07, 6.45) is 5.22. The monoisotopic (exact) mass is 434 g/mol. The standard InChI is InChI=1S/C21H26N6.2ClH/c1-2-4-17(5-3-1)18-6-9-25(16-18)12-13-26-10-8-23-21(26)20-14-19-15-22-7-11-27(19)24-20;;/h1-5,8,10,14,18,22H,6-7,9,11-13,15-16H2;2*1H. The third kappa shape index (κ3) is 4.67. The second-order valence-corrected chi connectivity index (χ2v) is 7.56. The predicted octanol–water partition coefficient (Wildman–Crippen LogP) is 3.18. The van der Waals surface area contributed by atoms with Gasteiger partial charge in [-0.05, 0) is 30.5 Å². The molecule has 0 spiro atoms. The highest BCUT2D eigenvalue weighted by Gasteiger charge is 2.23. The summed E-state index contributed by atoms with van der Waals surface area (Å²) < 4.78 is 4.35. The molecule has 1 atom stereocenters. The lowest BCUT2D eigenvalue weighted by Gasteiger charge is -2.17. The molecular weight excluding hydrogens is 407 g/mol. The van der Waals surface area contributed by atoms with Crippen LogP contribution in [0.5, 0.6) is 0 Å². The molecule has 0 amide bonds. The Morgan fingerprint density at radius 1 is 1.07 bits per heavy atom. The zero-order valence-corrected chi connectivity index (χ0v) is 18.0. The van der Waals surface area contributed by atoms with Crippen LogP contribution in [0.25, 0.3) is 11.5 Å². The Morgan fingerprint density at radius 3 is 2.76 bits per heavy atom. The van der Waals surface area contributed by atoms with Gasteiger partial charge in [-0.1, -0.05) is 30.3 Å². The molecule has 1 unspecified atom stereocenters. The van der Waals surface area contributed by atoms with Crippen LogP contribution in [0.1, 0.15) is 23.6 Å². The minimum atomic E-state index is 0. The van der Waals surface area contributed by atoms with Crippen LogP contribution in [0.3, 0.4) is 0 Å². The molecule has 1 aromatic carbocycles. The molecular formula is C21H28Cl2N6. The number of nitrogens with zero attached hydrogens (tertiary/aromatic N) is 5. The maximum atomic E-state index is 4.77. The van der Waals surface area contributed by atoms with Gasteiger partial charge >= 0.3 is 0 Å². The summed E-state index contributed by atoms with van der Waals surface area (Å²) in [4.78, 5) is 7.16. The number of nitrogens with one attached hydrogen (secondary N) is 1. The third-order valence-corrected chi connectivity index (χ3v) is 5.81. The van der Waals surface area contributed by atoms with E-state index in [9.17, 15) is 0 Å². The molecule has 1 fully saturated rings. The molecule has 2 aromatic heterocycles. The maximum Gasteiger partial charge on any atom is 0.160 e. The summed E-state index contributed by atoms with van der Waals surface area (Å²) in [5.74, 6) is 1.65. The topological polar surface area (TPSA) is 50.9 Å². The average molecular weight is 435 g/mol. The number of imidazole rings is 1. The van der Waals surface area contributed by atoms with Crippen molar-refractivity contribution in [2.24, 2.45) is 0 Å². The molecule has 29 heavy (non-hydrogen) atoms. The van der Waals surface area contributed by atoms with Gasteiger partial charge in [0.1, 0.15) is 5.69 Å². The van der Waals surface area contributed by atoms with Crippen molar-refractivity contribution < 1.29 is 0 Å². The van der Waals surface area contributed by atoms with E-state index in [-0.39, 0.29) is 24.8 Å². The Morgan fingerprint density at radius 2 is 1.93 bits per heavy atom. The van der Waals surface area contributed by atoms with E-state index in [0.717, 1.165) is 50.8 Å². The van der Waals surface area contributed by atoms with E-state index in [1.165, 1.54) is 24.2 Å². The molecule has 2 aliphatic rings. The smallest absolute Gasteiger partial charge is 0.160 e. The molecule has 8 heteroatoms. The summed E-state index contributed by atoms with van der Waals surface area (Å²) in [5.41, 5.74) is 3.71. The van der Waals surface area contributed by atoms with Gasteiger partial charge < -0.3 is 14.8 Å². The largest absolute Gasteiger partial charge is 0.328 e. The number of aromatic nitrogens is 4. The van der Waals surface area contributed by atoms with E-state index in [2.05, 4.69) is 67.0 Å². The summed E-state index contributed by atoms with van der Waals surface area (Å²) in [6.45, 7) is 7.15. The molecule has 6 nitrogen and oxygen atoms in total. The van der Waals surface area contributed by atoms with Crippen molar-refractivity contribution >= 4 is 24.8 Å². The molecule has 0 bridgehead atoms. The van der Waals surface area contributed by atoms with Crippen molar-refractivity contribution in [3.8, 4) is 11.5 Å². The highest BCUT2D eigenvalue weighted by molar-refractivity contribution is 5.85. The van der Waals surface area contributed by atoms with E-state index in [1.807, 2.05) is 6.20 Å². The maximum absolute atomic E-state index is 4.77. The van der Waals surface area contributed by atoms with Crippen molar-refractivity contribution in [2.75, 3.05) is 26.2 Å². The lowest BCUT2D eigenvalue weighted by molar-refractivity contribution is 0.319. The Kier molecular flexibility index (Phi) is 7.35. The Labute approximate surface area is 184 Å². The van der Waals surface area contributed by atoms with Crippen LogP contribution < -0.4 is 5.32 Å². The minimum absolute atomic E-state index is 0. The molecule has 3 aromatic rings.